The number of aromatic nitrogens is 2. The predicted molar refractivity (Wildman–Crippen MR) is 64.4 cm³/mol. The third-order valence-corrected chi connectivity index (χ3v) is 2.54. The van der Waals surface area contributed by atoms with Gasteiger partial charge in [-0.05, 0) is 19.9 Å². The minimum absolute atomic E-state index is 0.717. The molecule has 0 amide bonds. The topological polar surface area (TPSA) is 51.0 Å². The molecule has 92 valence electrons. The number of nitrogens with zero attached hydrogens (tertiary/aromatic N) is 2. The van der Waals surface area contributed by atoms with E-state index in [9.17, 15) is 0 Å². The molecule has 0 saturated carbocycles. The van der Waals surface area contributed by atoms with Gasteiger partial charge in [-0.2, -0.15) is 4.98 Å². The standard InChI is InChI=1S/C12H23N3O/c1-3-4-5-6-7-9-13-10-8-12-14-11(2)15-16-12/h13H,3-10H2,1-2H3. The van der Waals surface area contributed by atoms with Crippen LogP contribution in [0.15, 0.2) is 4.52 Å². The van der Waals surface area contributed by atoms with E-state index < -0.39 is 0 Å². The van der Waals surface area contributed by atoms with E-state index in [1.807, 2.05) is 6.92 Å². The van der Waals surface area contributed by atoms with E-state index in [-0.39, 0.29) is 0 Å². The highest BCUT2D eigenvalue weighted by atomic mass is 16.5. The van der Waals surface area contributed by atoms with Crippen molar-refractivity contribution in [3.8, 4) is 0 Å². The van der Waals surface area contributed by atoms with Crippen molar-refractivity contribution >= 4 is 0 Å². The Morgan fingerprint density at radius 1 is 1.12 bits per heavy atom. The smallest absolute Gasteiger partial charge is 0.227 e. The highest BCUT2D eigenvalue weighted by Crippen LogP contribution is 2.01. The molecule has 4 heteroatoms. The zero-order valence-corrected chi connectivity index (χ0v) is 10.5. The molecule has 1 heterocycles. The molecule has 0 bridgehead atoms. The number of hydrogen-bond acceptors (Lipinski definition) is 4. The molecule has 0 aliphatic heterocycles. The van der Waals surface area contributed by atoms with E-state index in [2.05, 4.69) is 22.4 Å². The molecule has 0 aliphatic rings. The van der Waals surface area contributed by atoms with Crippen LogP contribution >= 0.6 is 0 Å². The van der Waals surface area contributed by atoms with Crippen LogP contribution in [0.4, 0.5) is 0 Å². The van der Waals surface area contributed by atoms with Crippen molar-refractivity contribution in [3.63, 3.8) is 0 Å². The van der Waals surface area contributed by atoms with Gasteiger partial charge in [0.05, 0.1) is 0 Å². The summed E-state index contributed by atoms with van der Waals surface area (Å²) in [6.07, 6.45) is 7.46. The minimum Gasteiger partial charge on any atom is -0.339 e. The van der Waals surface area contributed by atoms with Crippen LogP contribution in [0.1, 0.15) is 50.7 Å². The molecule has 0 atom stereocenters. The van der Waals surface area contributed by atoms with E-state index in [1.165, 1.54) is 32.1 Å². The molecular weight excluding hydrogens is 202 g/mol. The summed E-state index contributed by atoms with van der Waals surface area (Å²) in [5, 5.41) is 7.14. The Labute approximate surface area is 97.8 Å². The van der Waals surface area contributed by atoms with Crippen LogP contribution in [0.3, 0.4) is 0 Å². The Balaban J connectivity index is 1.88. The molecule has 0 aliphatic carbocycles. The fourth-order valence-electron chi connectivity index (χ4n) is 1.62. The molecule has 0 saturated heterocycles. The largest absolute Gasteiger partial charge is 0.339 e. The Hall–Kier alpha value is -0.900. The first kappa shape index (κ1) is 13.2. The van der Waals surface area contributed by atoms with Crippen molar-refractivity contribution in [1.82, 2.24) is 15.5 Å². The second-order valence-corrected chi connectivity index (χ2v) is 4.15. The number of nitrogens with one attached hydrogen (secondary N) is 1. The Morgan fingerprint density at radius 3 is 2.62 bits per heavy atom. The van der Waals surface area contributed by atoms with Crippen molar-refractivity contribution < 1.29 is 4.52 Å². The maximum absolute atomic E-state index is 5.02. The Morgan fingerprint density at radius 2 is 1.94 bits per heavy atom. The maximum Gasteiger partial charge on any atom is 0.227 e. The van der Waals surface area contributed by atoms with Crippen molar-refractivity contribution in [3.05, 3.63) is 11.7 Å². The van der Waals surface area contributed by atoms with E-state index >= 15 is 0 Å². The van der Waals surface area contributed by atoms with Crippen molar-refractivity contribution in [2.45, 2.75) is 52.4 Å². The molecule has 1 aromatic heterocycles. The summed E-state index contributed by atoms with van der Waals surface area (Å²) in [7, 11) is 0. The molecule has 0 radical (unpaired) electrons. The van der Waals surface area contributed by atoms with Crippen LogP contribution in [0.2, 0.25) is 0 Å². The first-order valence-corrected chi connectivity index (χ1v) is 6.33. The van der Waals surface area contributed by atoms with Gasteiger partial charge in [0.25, 0.3) is 0 Å². The molecule has 0 fully saturated rings. The monoisotopic (exact) mass is 225 g/mol. The summed E-state index contributed by atoms with van der Waals surface area (Å²) in [6.45, 7) is 6.10. The number of aryl methyl sites for hydroxylation is 1. The Kier molecular flexibility index (Phi) is 6.81. The number of unbranched alkanes of at least 4 members (excludes halogenated alkanes) is 4. The zero-order valence-electron chi connectivity index (χ0n) is 10.5. The second kappa shape index (κ2) is 8.28. The fourth-order valence-corrected chi connectivity index (χ4v) is 1.62. The maximum atomic E-state index is 5.02. The van der Waals surface area contributed by atoms with Gasteiger partial charge in [0.1, 0.15) is 0 Å². The van der Waals surface area contributed by atoms with Crippen molar-refractivity contribution in [1.29, 1.82) is 0 Å². The fraction of sp³-hybridized carbons (Fsp3) is 0.833. The van der Waals surface area contributed by atoms with Gasteiger partial charge in [-0.25, -0.2) is 0 Å². The van der Waals surface area contributed by atoms with Crippen molar-refractivity contribution in [2.75, 3.05) is 13.1 Å². The lowest BCUT2D eigenvalue weighted by Gasteiger charge is -2.02. The van der Waals surface area contributed by atoms with E-state index in [0.29, 0.717) is 0 Å². The van der Waals surface area contributed by atoms with E-state index in [0.717, 1.165) is 31.2 Å². The lowest BCUT2D eigenvalue weighted by Crippen LogP contribution is -2.18. The van der Waals surface area contributed by atoms with Crippen LogP contribution in [0.25, 0.3) is 0 Å². The summed E-state index contributed by atoms with van der Waals surface area (Å²) >= 11 is 0. The summed E-state index contributed by atoms with van der Waals surface area (Å²) in [5.41, 5.74) is 0. The number of rotatable bonds is 9. The normalized spacial score (nSPS) is 10.9. The van der Waals surface area contributed by atoms with Gasteiger partial charge in [-0.1, -0.05) is 37.8 Å². The lowest BCUT2D eigenvalue weighted by molar-refractivity contribution is 0.372. The molecular formula is C12H23N3O. The first-order chi connectivity index (χ1) is 7.83. The molecule has 16 heavy (non-hydrogen) atoms. The molecule has 1 rings (SSSR count). The molecule has 1 N–H and O–H groups in total. The Bertz CT molecular complexity index is 273. The van der Waals surface area contributed by atoms with Gasteiger partial charge in [0, 0.05) is 13.0 Å². The van der Waals surface area contributed by atoms with Crippen LogP contribution in [-0.4, -0.2) is 23.2 Å². The third-order valence-electron chi connectivity index (χ3n) is 2.54. The van der Waals surface area contributed by atoms with E-state index in [4.69, 9.17) is 4.52 Å². The van der Waals surface area contributed by atoms with Gasteiger partial charge in [-0.15, -0.1) is 0 Å². The summed E-state index contributed by atoms with van der Waals surface area (Å²) in [5.74, 6) is 1.45. The first-order valence-electron chi connectivity index (χ1n) is 6.33. The van der Waals surface area contributed by atoms with Gasteiger partial charge < -0.3 is 9.84 Å². The van der Waals surface area contributed by atoms with Crippen LogP contribution in [-0.2, 0) is 6.42 Å². The zero-order chi connectivity index (χ0) is 11.6. The number of hydrogen-bond donors (Lipinski definition) is 1. The quantitative estimate of drug-likeness (QED) is 0.656. The van der Waals surface area contributed by atoms with Crippen LogP contribution in [0.5, 0.6) is 0 Å². The molecule has 4 nitrogen and oxygen atoms in total. The van der Waals surface area contributed by atoms with Gasteiger partial charge in [-0.3, -0.25) is 0 Å². The highest BCUT2D eigenvalue weighted by Gasteiger charge is 2.00. The second-order valence-electron chi connectivity index (χ2n) is 4.15. The van der Waals surface area contributed by atoms with Crippen LogP contribution in [0, 0.1) is 6.92 Å². The average molecular weight is 225 g/mol. The minimum atomic E-state index is 0.717. The van der Waals surface area contributed by atoms with Gasteiger partial charge in [0.2, 0.25) is 5.89 Å². The third kappa shape index (κ3) is 5.85. The lowest BCUT2D eigenvalue weighted by atomic mass is 10.1. The van der Waals surface area contributed by atoms with Crippen LogP contribution < -0.4 is 5.32 Å². The molecule has 1 aromatic rings. The summed E-state index contributed by atoms with van der Waals surface area (Å²) < 4.78 is 5.02. The molecule has 0 aromatic carbocycles. The molecule has 0 unspecified atom stereocenters. The summed E-state index contributed by atoms with van der Waals surface area (Å²) in [4.78, 5) is 4.15. The van der Waals surface area contributed by atoms with Gasteiger partial charge in [0.15, 0.2) is 5.82 Å². The van der Waals surface area contributed by atoms with Crippen molar-refractivity contribution in [2.24, 2.45) is 0 Å². The van der Waals surface area contributed by atoms with Gasteiger partial charge >= 0.3 is 0 Å². The average Bonchev–Trinajstić information content (AvgIpc) is 2.68. The van der Waals surface area contributed by atoms with E-state index in [1.54, 1.807) is 0 Å². The SMILES string of the molecule is CCCCCCCNCCc1nc(C)no1. The highest BCUT2D eigenvalue weighted by molar-refractivity contribution is 4.83. The summed E-state index contributed by atoms with van der Waals surface area (Å²) in [6, 6.07) is 0. The predicted octanol–water partition coefficient (Wildman–Crippen LogP) is 2.48. The molecule has 0 spiro atoms.